The maximum Gasteiger partial charge on any atom is 0.337 e. The number of nitrogens with zero attached hydrogens (tertiary/aromatic N) is 1. The number of rotatable bonds is 5. The van der Waals surface area contributed by atoms with Crippen molar-refractivity contribution in [2.75, 3.05) is 0 Å². The van der Waals surface area contributed by atoms with E-state index in [1.165, 1.54) is 17.4 Å². The van der Waals surface area contributed by atoms with E-state index in [4.69, 9.17) is 16.7 Å². The highest BCUT2D eigenvalue weighted by Crippen LogP contribution is 2.23. The van der Waals surface area contributed by atoms with Crippen molar-refractivity contribution in [1.82, 2.24) is 9.71 Å². The van der Waals surface area contributed by atoms with E-state index >= 15 is 0 Å². The zero-order valence-electron chi connectivity index (χ0n) is 10.8. The van der Waals surface area contributed by atoms with Gasteiger partial charge in [-0.15, -0.1) is 11.3 Å². The van der Waals surface area contributed by atoms with Gasteiger partial charge in [-0.2, -0.15) is 0 Å². The molecule has 0 saturated carbocycles. The first-order chi connectivity index (χ1) is 9.81. The molecule has 1 atom stereocenters. The van der Waals surface area contributed by atoms with E-state index in [1.807, 2.05) is 0 Å². The largest absolute Gasteiger partial charge is 0.478 e. The van der Waals surface area contributed by atoms with Gasteiger partial charge in [0, 0.05) is 11.6 Å². The quantitative estimate of drug-likeness (QED) is 0.867. The minimum atomic E-state index is -3.81. The molecular formula is C12H11ClN2O4S2. The second kappa shape index (κ2) is 6.10. The van der Waals surface area contributed by atoms with Gasteiger partial charge in [0.15, 0.2) is 0 Å². The predicted octanol–water partition coefficient (Wildman–Crippen LogP) is 2.53. The molecule has 0 aliphatic carbocycles. The van der Waals surface area contributed by atoms with E-state index in [1.54, 1.807) is 18.5 Å². The van der Waals surface area contributed by atoms with Crippen molar-refractivity contribution < 1.29 is 18.3 Å². The van der Waals surface area contributed by atoms with Crippen LogP contribution in [0.3, 0.4) is 0 Å². The van der Waals surface area contributed by atoms with Gasteiger partial charge < -0.3 is 5.11 Å². The lowest BCUT2D eigenvalue weighted by Gasteiger charge is -2.12. The lowest BCUT2D eigenvalue weighted by Crippen LogP contribution is -2.26. The molecule has 0 aliphatic heterocycles. The zero-order chi connectivity index (χ0) is 15.6. The lowest BCUT2D eigenvalue weighted by atomic mass is 10.2. The third-order valence-electron chi connectivity index (χ3n) is 2.64. The maximum atomic E-state index is 12.2. The maximum absolute atomic E-state index is 12.2. The molecule has 0 amide bonds. The Morgan fingerprint density at radius 1 is 1.48 bits per heavy atom. The number of carboxylic acid groups (broad SMARTS) is 1. The highest BCUT2D eigenvalue weighted by molar-refractivity contribution is 7.89. The van der Waals surface area contributed by atoms with Gasteiger partial charge in [-0.05, 0) is 25.1 Å². The SMILES string of the molecule is CC(NS(=O)(=O)c1ccc(C(=O)O)c(Cl)c1)c1nccs1. The third kappa shape index (κ3) is 3.59. The van der Waals surface area contributed by atoms with Crippen molar-refractivity contribution in [1.29, 1.82) is 0 Å². The number of carboxylic acids is 1. The minimum absolute atomic E-state index is 0.0964. The van der Waals surface area contributed by atoms with Gasteiger partial charge in [-0.3, -0.25) is 0 Å². The van der Waals surface area contributed by atoms with E-state index in [-0.39, 0.29) is 15.5 Å². The van der Waals surface area contributed by atoms with Crippen molar-refractivity contribution in [3.05, 3.63) is 45.4 Å². The summed E-state index contributed by atoms with van der Waals surface area (Å²) < 4.78 is 26.9. The first-order valence-corrected chi connectivity index (χ1v) is 8.50. The second-order valence-corrected chi connectivity index (χ2v) is 7.21. The predicted molar refractivity (Wildman–Crippen MR) is 79.3 cm³/mol. The van der Waals surface area contributed by atoms with Crippen molar-refractivity contribution in [3.8, 4) is 0 Å². The Labute approximate surface area is 130 Å². The minimum Gasteiger partial charge on any atom is -0.478 e. The number of benzene rings is 1. The molecule has 1 aromatic carbocycles. The zero-order valence-corrected chi connectivity index (χ0v) is 13.2. The van der Waals surface area contributed by atoms with Crippen LogP contribution in [0.1, 0.15) is 28.3 Å². The average molecular weight is 347 g/mol. The molecule has 0 radical (unpaired) electrons. The third-order valence-corrected chi connectivity index (χ3v) is 5.44. The van der Waals surface area contributed by atoms with Gasteiger partial charge in [0.1, 0.15) is 5.01 Å². The van der Waals surface area contributed by atoms with Gasteiger partial charge >= 0.3 is 5.97 Å². The van der Waals surface area contributed by atoms with Crippen molar-refractivity contribution in [2.24, 2.45) is 0 Å². The summed E-state index contributed by atoms with van der Waals surface area (Å²) in [6, 6.07) is 2.98. The molecule has 112 valence electrons. The Bertz CT molecular complexity index is 760. The van der Waals surface area contributed by atoms with E-state index in [9.17, 15) is 13.2 Å². The molecule has 1 unspecified atom stereocenters. The summed E-state index contributed by atoms with van der Waals surface area (Å²) in [6.45, 7) is 1.67. The summed E-state index contributed by atoms with van der Waals surface area (Å²) in [7, 11) is -3.81. The number of hydrogen-bond donors (Lipinski definition) is 2. The standard InChI is InChI=1S/C12H11ClN2O4S2/c1-7(11-14-4-5-20-11)15-21(18,19)8-2-3-9(12(16)17)10(13)6-8/h2-7,15H,1H3,(H,16,17). The Hall–Kier alpha value is -1.48. The number of nitrogens with one attached hydrogen (secondary N) is 1. The molecule has 0 saturated heterocycles. The number of hydrogen-bond acceptors (Lipinski definition) is 5. The summed E-state index contributed by atoms with van der Waals surface area (Å²) in [5.41, 5.74) is -0.149. The topological polar surface area (TPSA) is 96.4 Å². The van der Waals surface area contributed by atoms with Gasteiger partial charge in [0.05, 0.1) is 21.5 Å². The smallest absolute Gasteiger partial charge is 0.337 e. The molecule has 0 spiro atoms. The summed E-state index contributed by atoms with van der Waals surface area (Å²) in [4.78, 5) is 14.8. The monoisotopic (exact) mass is 346 g/mol. The number of sulfonamides is 1. The highest BCUT2D eigenvalue weighted by atomic mass is 35.5. The Balaban J connectivity index is 2.28. The Morgan fingerprint density at radius 2 is 2.19 bits per heavy atom. The van der Waals surface area contributed by atoms with E-state index in [0.717, 1.165) is 12.1 Å². The molecule has 2 N–H and O–H groups in total. The van der Waals surface area contributed by atoms with Crippen molar-refractivity contribution in [2.45, 2.75) is 17.9 Å². The van der Waals surface area contributed by atoms with Crippen LogP contribution in [0.2, 0.25) is 5.02 Å². The summed E-state index contributed by atoms with van der Waals surface area (Å²) in [5, 5.41) is 11.1. The fraction of sp³-hybridized carbons (Fsp3) is 0.167. The molecule has 0 fully saturated rings. The molecule has 0 bridgehead atoms. The molecule has 21 heavy (non-hydrogen) atoms. The van der Waals surface area contributed by atoms with Crippen LogP contribution in [-0.4, -0.2) is 24.5 Å². The summed E-state index contributed by atoms with van der Waals surface area (Å²) in [5.74, 6) is -1.21. The number of aromatic carboxylic acids is 1. The summed E-state index contributed by atoms with van der Waals surface area (Å²) in [6.07, 6.45) is 1.59. The van der Waals surface area contributed by atoms with Gasteiger partial charge in [-0.25, -0.2) is 22.9 Å². The number of aromatic nitrogens is 1. The normalized spacial score (nSPS) is 13.0. The van der Waals surface area contributed by atoms with E-state index < -0.39 is 22.0 Å². The number of halogens is 1. The van der Waals surface area contributed by atoms with Crippen LogP contribution >= 0.6 is 22.9 Å². The summed E-state index contributed by atoms with van der Waals surface area (Å²) >= 11 is 7.12. The van der Waals surface area contributed by atoms with Crippen LogP contribution in [0.5, 0.6) is 0 Å². The number of carbonyl (C=O) groups is 1. The first-order valence-electron chi connectivity index (χ1n) is 5.76. The molecule has 6 nitrogen and oxygen atoms in total. The van der Waals surface area contributed by atoms with Crippen LogP contribution in [0.4, 0.5) is 0 Å². The Morgan fingerprint density at radius 3 is 2.71 bits per heavy atom. The molecule has 1 heterocycles. The molecular weight excluding hydrogens is 336 g/mol. The van der Waals surface area contributed by atoms with Crippen LogP contribution in [-0.2, 0) is 10.0 Å². The molecule has 1 aromatic heterocycles. The number of thiazole rings is 1. The van der Waals surface area contributed by atoms with Crippen LogP contribution in [0.15, 0.2) is 34.7 Å². The lowest BCUT2D eigenvalue weighted by molar-refractivity contribution is 0.0697. The van der Waals surface area contributed by atoms with Crippen molar-refractivity contribution in [3.63, 3.8) is 0 Å². The molecule has 2 rings (SSSR count). The molecule has 2 aromatic rings. The fourth-order valence-electron chi connectivity index (χ4n) is 1.64. The van der Waals surface area contributed by atoms with Gasteiger partial charge in [0.25, 0.3) is 0 Å². The average Bonchev–Trinajstić information content (AvgIpc) is 2.91. The van der Waals surface area contributed by atoms with Crippen LogP contribution in [0, 0.1) is 0 Å². The highest BCUT2D eigenvalue weighted by Gasteiger charge is 2.21. The van der Waals surface area contributed by atoms with Gasteiger partial charge in [-0.1, -0.05) is 11.6 Å². The fourth-order valence-corrected chi connectivity index (χ4v) is 3.92. The second-order valence-electron chi connectivity index (χ2n) is 4.16. The molecule has 0 aliphatic rings. The van der Waals surface area contributed by atoms with Crippen LogP contribution in [0.25, 0.3) is 0 Å². The van der Waals surface area contributed by atoms with Gasteiger partial charge in [0.2, 0.25) is 10.0 Å². The van der Waals surface area contributed by atoms with Crippen molar-refractivity contribution >= 4 is 38.9 Å². The van der Waals surface area contributed by atoms with E-state index in [0.29, 0.717) is 5.01 Å². The first kappa shape index (κ1) is 15.9. The molecule has 9 heteroatoms. The van der Waals surface area contributed by atoms with E-state index in [2.05, 4.69) is 9.71 Å². The van der Waals surface area contributed by atoms with Crippen LogP contribution < -0.4 is 4.72 Å². The Kier molecular flexibility index (Phi) is 4.62.